The van der Waals surface area contributed by atoms with Crippen LogP contribution in [0.25, 0.3) is 22.3 Å². The van der Waals surface area contributed by atoms with Crippen molar-refractivity contribution >= 4 is 0 Å². The average Bonchev–Trinajstić information content (AvgIpc) is 2.76. The molecule has 4 rings (SSSR count). The minimum Gasteiger partial charge on any atom is -0.496 e. The Hall–Kier alpha value is -2.58. The summed E-state index contributed by atoms with van der Waals surface area (Å²) in [5.41, 5.74) is 6.25. The first kappa shape index (κ1) is 17.8. The highest BCUT2D eigenvalue weighted by Gasteiger charge is 2.18. The zero-order chi connectivity index (χ0) is 18.5. The number of hydrogen-bond donors (Lipinski definition) is 0. The fourth-order valence-electron chi connectivity index (χ4n) is 4.00. The molecule has 27 heavy (non-hydrogen) atoms. The molecule has 138 valence electrons. The van der Waals surface area contributed by atoms with Crippen molar-refractivity contribution in [3.63, 3.8) is 0 Å². The van der Waals surface area contributed by atoms with Crippen molar-refractivity contribution in [3.8, 4) is 28.0 Å². The number of ether oxygens (including phenoxy) is 1. The van der Waals surface area contributed by atoms with E-state index in [9.17, 15) is 0 Å². The minimum absolute atomic E-state index is 0.947. The minimum atomic E-state index is 0.947. The van der Waals surface area contributed by atoms with Gasteiger partial charge >= 0.3 is 0 Å². The maximum atomic E-state index is 5.88. The molecule has 2 nitrogen and oxygen atoms in total. The molecule has 1 aliphatic rings. The number of benzene rings is 3. The fraction of sp³-hybridized carbons (Fsp3) is 0.280. The SMILES string of the molecule is COc1cc(-c2ccccc2)cc(-c2ccccc2)c1CN1CCCCC1. The molecule has 0 aliphatic carbocycles. The van der Waals surface area contributed by atoms with Crippen molar-refractivity contribution in [1.29, 1.82) is 0 Å². The molecule has 0 N–H and O–H groups in total. The van der Waals surface area contributed by atoms with Crippen molar-refractivity contribution in [2.45, 2.75) is 25.8 Å². The Bertz CT molecular complexity index is 868. The molecule has 1 heterocycles. The Morgan fingerprint density at radius 1 is 0.741 bits per heavy atom. The molecule has 0 unspecified atom stereocenters. The van der Waals surface area contributed by atoms with Crippen molar-refractivity contribution in [1.82, 2.24) is 4.90 Å². The van der Waals surface area contributed by atoms with Crippen molar-refractivity contribution in [3.05, 3.63) is 78.4 Å². The van der Waals surface area contributed by atoms with E-state index in [-0.39, 0.29) is 0 Å². The summed E-state index contributed by atoms with van der Waals surface area (Å²) in [7, 11) is 1.79. The lowest BCUT2D eigenvalue weighted by Gasteiger charge is -2.28. The molecule has 2 heteroatoms. The second-order valence-corrected chi connectivity index (χ2v) is 7.27. The number of rotatable bonds is 5. The first-order valence-electron chi connectivity index (χ1n) is 9.89. The van der Waals surface area contributed by atoms with Crippen LogP contribution in [0.15, 0.2) is 72.8 Å². The third-order valence-electron chi connectivity index (χ3n) is 5.45. The van der Waals surface area contributed by atoms with Crippen LogP contribution in [0.1, 0.15) is 24.8 Å². The summed E-state index contributed by atoms with van der Waals surface area (Å²) in [5.74, 6) is 0.987. The fourth-order valence-corrected chi connectivity index (χ4v) is 4.00. The van der Waals surface area contributed by atoms with Gasteiger partial charge in [-0.05, 0) is 60.3 Å². The van der Waals surface area contributed by atoms with E-state index in [1.165, 1.54) is 60.2 Å². The number of nitrogens with zero attached hydrogens (tertiary/aromatic N) is 1. The molecule has 0 spiro atoms. The zero-order valence-electron chi connectivity index (χ0n) is 16.0. The molecular formula is C25H27NO. The van der Waals surface area contributed by atoms with Crippen LogP contribution >= 0.6 is 0 Å². The predicted molar refractivity (Wildman–Crippen MR) is 113 cm³/mol. The maximum absolute atomic E-state index is 5.88. The lowest BCUT2D eigenvalue weighted by Crippen LogP contribution is -2.29. The summed E-state index contributed by atoms with van der Waals surface area (Å²) in [5, 5.41) is 0. The van der Waals surface area contributed by atoms with Gasteiger partial charge in [-0.15, -0.1) is 0 Å². The maximum Gasteiger partial charge on any atom is 0.124 e. The molecule has 0 saturated carbocycles. The first-order valence-corrected chi connectivity index (χ1v) is 9.89. The van der Waals surface area contributed by atoms with E-state index < -0.39 is 0 Å². The summed E-state index contributed by atoms with van der Waals surface area (Å²) < 4.78 is 5.88. The van der Waals surface area contributed by atoms with Gasteiger partial charge in [-0.2, -0.15) is 0 Å². The van der Waals surface area contributed by atoms with Crippen molar-refractivity contribution in [2.24, 2.45) is 0 Å². The largest absolute Gasteiger partial charge is 0.496 e. The molecule has 3 aromatic carbocycles. The zero-order valence-corrected chi connectivity index (χ0v) is 16.0. The van der Waals surface area contributed by atoms with Gasteiger partial charge in [0.15, 0.2) is 0 Å². The molecule has 0 atom stereocenters. The lowest BCUT2D eigenvalue weighted by molar-refractivity contribution is 0.218. The third-order valence-corrected chi connectivity index (χ3v) is 5.45. The van der Waals surface area contributed by atoms with Gasteiger partial charge in [-0.3, -0.25) is 4.90 Å². The Labute approximate surface area is 162 Å². The summed E-state index contributed by atoms with van der Waals surface area (Å²) in [6.07, 6.45) is 3.95. The summed E-state index contributed by atoms with van der Waals surface area (Å²) >= 11 is 0. The van der Waals surface area contributed by atoms with Crippen LogP contribution in [0.5, 0.6) is 5.75 Å². The van der Waals surface area contributed by atoms with Gasteiger partial charge in [0.25, 0.3) is 0 Å². The van der Waals surface area contributed by atoms with Gasteiger partial charge in [0.1, 0.15) is 5.75 Å². The van der Waals surface area contributed by atoms with Gasteiger partial charge < -0.3 is 4.74 Å². The Morgan fingerprint density at radius 2 is 1.37 bits per heavy atom. The number of methoxy groups -OCH3 is 1. The van der Waals surface area contributed by atoms with Gasteiger partial charge in [0, 0.05) is 12.1 Å². The first-order chi connectivity index (χ1) is 13.3. The predicted octanol–water partition coefficient (Wildman–Crippen LogP) is 6.02. The molecule has 1 aliphatic heterocycles. The third kappa shape index (κ3) is 4.06. The van der Waals surface area contributed by atoms with Gasteiger partial charge in [-0.25, -0.2) is 0 Å². The molecule has 0 amide bonds. The monoisotopic (exact) mass is 357 g/mol. The van der Waals surface area contributed by atoms with E-state index in [1.54, 1.807) is 7.11 Å². The van der Waals surface area contributed by atoms with Crippen LogP contribution in [-0.4, -0.2) is 25.1 Å². The van der Waals surface area contributed by atoms with Gasteiger partial charge in [0.05, 0.1) is 7.11 Å². The highest BCUT2D eigenvalue weighted by Crippen LogP contribution is 2.37. The topological polar surface area (TPSA) is 12.5 Å². The number of piperidine rings is 1. The van der Waals surface area contributed by atoms with E-state index in [0.29, 0.717) is 0 Å². The van der Waals surface area contributed by atoms with E-state index in [4.69, 9.17) is 4.74 Å². The molecule has 0 radical (unpaired) electrons. The molecule has 0 aromatic heterocycles. The molecule has 3 aromatic rings. The second kappa shape index (κ2) is 8.41. The van der Waals surface area contributed by atoms with Crippen molar-refractivity contribution in [2.75, 3.05) is 20.2 Å². The van der Waals surface area contributed by atoms with E-state index in [1.807, 2.05) is 0 Å². The highest BCUT2D eigenvalue weighted by atomic mass is 16.5. The smallest absolute Gasteiger partial charge is 0.124 e. The normalized spacial score (nSPS) is 14.9. The lowest BCUT2D eigenvalue weighted by atomic mass is 9.93. The molecule has 0 bridgehead atoms. The number of hydrogen-bond acceptors (Lipinski definition) is 2. The molecular weight excluding hydrogens is 330 g/mol. The number of likely N-dealkylation sites (tertiary alicyclic amines) is 1. The Morgan fingerprint density at radius 3 is 2.00 bits per heavy atom. The van der Waals surface area contributed by atoms with E-state index in [0.717, 1.165) is 12.3 Å². The van der Waals surface area contributed by atoms with Gasteiger partial charge in [0.2, 0.25) is 0 Å². The van der Waals surface area contributed by atoms with Gasteiger partial charge in [-0.1, -0.05) is 67.1 Å². The van der Waals surface area contributed by atoms with Crippen LogP contribution in [0.3, 0.4) is 0 Å². The summed E-state index contributed by atoms with van der Waals surface area (Å²) in [6.45, 7) is 3.30. The molecule has 1 saturated heterocycles. The highest BCUT2D eigenvalue weighted by molar-refractivity contribution is 5.78. The van der Waals surface area contributed by atoms with Crippen LogP contribution < -0.4 is 4.74 Å². The Kier molecular flexibility index (Phi) is 5.55. The van der Waals surface area contributed by atoms with Crippen LogP contribution in [-0.2, 0) is 6.54 Å². The van der Waals surface area contributed by atoms with Crippen LogP contribution in [0.2, 0.25) is 0 Å². The summed E-state index contributed by atoms with van der Waals surface area (Å²) in [6, 6.07) is 25.8. The van der Waals surface area contributed by atoms with E-state index >= 15 is 0 Å². The Balaban J connectivity index is 1.82. The van der Waals surface area contributed by atoms with Crippen LogP contribution in [0, 0.1) is 0 Å². The second-order valence-electron chi connectivity index (χ2n) is 7.27. The summed E-state index contributed by atoms with van der Waals surface area (Å²) in [4.78, 5) is 2.57. The standard InChI is InChI=1S/C25H27NO/c1-27-25-18-22(20-11-5-2-6-12-20)17-23(21-13-7-3-8-14-21)24(25)19-26-15-9-4-10-16-26/h2-3,5-8,11-14,17-18H,4,9-10,15-16,19H2,1H3. The van der Waals surface area contributed by atoms with E-state index in [2.05, 4.69) is 77.7 Å². The van der Waals surface area contributed by atoms with Crippen LogP contribution in [0.4, 0.5) is 0 Å². The quantitative estimate of drug-likeness (QED) is 0.554. The molecule has 1 fully saturated rings. The average molecular weight is 357 g/mol. The van der Waals surface area contributed by atoms with Crippen molar-refractivity contribution < 1.29 is 4.74 Å².